The van der Waals surface area contributed by atoms with Gasteiger partial charge in [0, 0.05) is 6.42 Å². The second-order valence-electron chi connectivity index (χ2n) is 5.74. The molecule has 8 nitrogen and oxygen atoms in total. The lowest BCUT2D eigenvalue weighted by Crippen LogP contribution is -2.36. The van der Waals surface area contributed by atoms with Crippen molar-refractivity contribution in [1.82, 2.24) is 5.06 Å². The fourth-order valence-electron chi connectivity index (χ4n) is 2.48. The molecule has 1 N–H and O–H groups in total. The Labute approximate surface area is 145 Å². The molecule has 0 aliphatic carbocycles. The molecular formula is C16H19NO7S. The van der Waals surface area contributed by atoms with E-state index in [4.69, 9.17) is 4.55 Å². The Morgan fingerprint density at radius 1 is 1.16 bits per heavy atom. The molecule has 1 saturated heterocycles. The maximum Gasteiger partial charge on any atom is 0.333 e. The van der Waals surface area contributed by atoms with Gasteiger partial charge >= 0.3 is 5.97 Å². The fraction of sp³-hybridized carbons (Fsp3) is 0.438. The molecule has 2 rings (SSSR count). The number of benzene rings is 1. The van der Waals surface area contributed by atoms with Gasteiger partial charge < -0.3 is 4.84 Å². The van der Waals surface area contributed by atoms with Crippen molar-refractivity contribution in [3.63, 3.8) is 0 Å². The monoisotopic (exact) mass is 369 g/mol. The van der Waals surface area contributed by atoms with E-state index in [0.29, 0.717) is 6.42 Å². The number of imide groups is 1. The van der Waals surface area contributed by atoms with Crippen LogP contribution in [0.4, 0.5) is 0 Å². The number of nitrogens with zero attached hydrogens (tertiary/aromatic N) is 1. The molecule has 9 heteroatoms. The number of unbranched alkanes of at least 4 members (excludes halogenated alkanes) is 2. The van der Waals surface area contributed by atoms with Gasteiger partial charge in [-0.3, -0.25) is 14.1 Å². The highest BCUT2D eigenvalue weighted by molar-refractivity contribution is 7.87. The molecule has 1 heterocycles. The smallest absolute Gasteiger partial charge is 0.330 e. The van der Waals surface area contributed by atoms with Crippen LogP contribution in [0.5, 0.6) is 0 Å². The van der Waals surface area contributed by atoms with Crippen LogP contribution in [0.2, 0.25) is 0 Å². The average molecular weight is 369 g/mol. The Kier molecular flexibility index (Phi) is 6.27. The molecule has 1 aliphatic heterocycles. The zero-order valence-electron chi connectivity index (χ0n) is 13.5. The minimum atomic E-state index is -4.71. The summed E-state index contributed by atoms with van der Waals surface area (Å²) in [7, 11) is -4.71. The normalized spacial score (nSPS) is 17.8. The summed E-state index contributed by atoms with van der Waals surface area (Å²) in [4.78, 5) is 39.6. The molecule has 1 unspecified atom stereocenters. The third kappa shape index (κ3) is 5.36. The third-order valence-corrected chi connectivity index (χ3v) is 4.89. The second kappa shape index (κ2) is 8.21. The van der Waals surface area contributed by atoms with E-state index in [1.807, 2.05) is 30.3 Å². The number of rotatable bonds is 8. The summed E-state index contributed by atoms with van der Waals surface area (Å²) in [5.41, 5.74) is 1.20. The number of amides is 2. The van der Waals surface area contributed by atoms with E-state index in [1.165, 1.54) is 5.56 Å². The van der Waals surface area contributed by atoms with Crippen LogP contribution in [0.15, 0.2) is 30.3 Å². The summed E-state index contributed by atoms with van der Waals surface area (Å²) >= 11 is 0. The van der Waals surface area contributed by atoms with Crippen molar-refractivity contribution in [3.8, 4) is 0 Å². The lowest BCUT2D eigenvalue weighted by Gasteiger charge is -2.13. The molecule has 0 bridgehead atoms. The molecule has 0 radical (unpaired) electrons. The van der Waals surface area contributed by atoms with E-state index < -0.39 is 39.6 Å². The molecule has 1 aromatic rings. The molecule has 1 aliphatic rings. The van der Waals surface area contributed by atoms with Gasteiger partial charge in [-0.1, -0.05) is 36.8 Å². The molecule has 0 spiro atoms. The Morgan fingerprint density at radius 3 is 2.44 bits per heavy atom. The van der Waals surface area contributed by atoms with Crippen LogP contribution in [0.3, 0.4) is 0 Å². The molecule has 0 aromatic heterocycles. The van der Waals surface area contributed by atoms with E-state index in [-0.39, 0.29) is 11.5 Å². The average Bonchev–Trinajstić information content (AvgIpc) is 2.84. The lowest BCUT2D eigenvalue weighted by atomic mass is 10.1. The van der Waals surface area contributed by atoms with Crippen LogP contribution in [0.1, 0.15) is 37.7 Å². The van der Waals surface area contributed by atoms with Crippen LogP contribution in [-0.2, 0) is 35.8 Å². The molecular weight excluding hydrogens is 350 g/mol. The molecule has 0 saturated carbocycles. The highest BCUT2D eigenvalue weighted by atomic mass is 32.2. The number of carbonyl (C=O) groups is 3. The Hall–Kier alpha value is -2.26. The predicted octanol–water partition coefficient (Wildman–Crippen LogP) is 1.26. The summed E-state index contributed by atoms with van der Waals surface area (Å²) in [5, 5.41) is -1.77. The summed E-state index contributed by atoms with van der Waals surface area (Å²) in [6.45, 7) is 0. The number of hydrogen-bond acceptors (Lipinski definition) is 6. The van der Waals surface area contributed by atoms with Gasteiger partial charge in [0.05, 0.1) is 6.42 Å². The zero-order chi connectivity index (χ0) is 18.4. The van der Waals surface area contributed by atoms with Crippen molar-refractivity contribution in [1.29, 1.82) is 0 Å². The Balaban J connectivity index is 1.71. The Bertz CT molecular complexity index is 745. The van der Waals surface area contributed by atoms with Gasteiger partial charge in [-0.05, 0) is 24.8 Å². The largest absolute Gasteiger partial charge is 0.333 e. The van der Waals surface area contributed by atoms with Crippen LogP contribution in [-0.4, -0.2) is 41.1 Å². The van der Waals surface area contributed by atoms with E-state index in [1.54, 1.807) is 0 Å². The van der Waals surface area contributed by atoms with Crippen molar-refractivity contribution in [2.45, 2.75) is 43.8 Å². The first-order chi connectivity index (χ1) is 11.8. The highest BCUT2D eigenvalue weighted by Gasteiger charge is 2.48. The maximum atomic E-state index is 11.7. The summed E-state index contributed by atoms with van der Waals surface area (Å²) in [5.74, 6) is -3.01. The minimum Gasteiger partial charge on any atom is -0.330 e. The van der Waals surface area contributed by atoms with E-state index in [0.717, 1.165) is 19.3 Å². The SMILES string of the molecule is O=C(CCCCCc1ccccc1)ON1C(=O)CC(S(=O)(=O)O)C1=O. The van der Waals surface area contributed by atoms with Gasteiger partial charge in [0.1, 0.15) is 0 Å². The van der Waals surface area contributed by atoms with Gasteiger partial charge in [0.15, 0.2) is 5.25 Å². The molecule has 1 atom stereocenters. The van der Waals surface area contributed by atoms with E-state index in [2.05, 4.69) is 4.84 Å². The minimum absolute atomic E-state index is 0.00237. The Morgan fingerprint density at radius 2 is 1.84 bits per heavy atom. The summed E-state index contributed by atoms with van der Waals surface area (Å²) < 4.78 is 30.9. The lowest BCUT2D eigenvalue weighted by molar-refractivity contribution is -0.197. The molecule has 2 amide bonds. The standard InChI is InChI=1S/C16H19NO7S/c18-14-11-13(25(21,22)23)16(20)17(14)24-15(19)10-6-2-5-9-12-7-3-1-4-8-12/h1,3-4,7-8,13H,2,5-6,9-11H2,(H,21,22,23). The van der Waals surface area contributed by atoms with Crippen LogP contribution in [0.25, 0.3) is 0 Å². The van der Waals surface area contributed by atoms with Crippen LogP contribution >= 0.6 is 0 Å². The quantitative estimate of drug-likeness (QED) is 0.416. The van der Waals surface area contributed by atoms with E-state index in [9.17, 15) is 22.8 Å². The highest BCUT2D eigenvalue weighted by Crippen LogP contribution is 2.20. The molecule has 1 fully saturated rings. The third-order valence-electron chi connectivity index (χ3n) is 3.80. The van der Waals surface area contributed by atoms with Crippen LogP contribution in [0, 0.1) is 0 Å². The molecule has 136 valence electrons. The number of hydrogen-bond donors (Lipinski definition) is 1. The van der Waals surface area contributed by atoms with Gasteiger partial charge in [0.2, 0.25) is 0 Å². The van der Waals surface area contributed by atoms with Crippen molar-refractivity contribution < 1.29 is 32.2 Å². The first kappa shape index (κ1) is 19.1. The molecule has 1 aromatic carbocycles. The van der Waals surface area contributed by atoms with Crippen molar-refractivity contribution in [2.24, 2.45) is 0 Å². The first-order valence-corrected chi connectivity index (χ1v) is 9.37. The summed E-state index contributed by atoms with van der Waals surface area (Å²) in [6.07, 6.45) is 2.31. The van der Waals surface area contributed by atoms with Gasteiger partial charge in [-0.2, -0.15) is 8.42 Å². The van der Waals surface area contributed by atoms with Gasteiger partial charge in [-0.15, -0.1) is 5.06 Å². The van der Waals surface area contributed by atoms with Crippen LogP contribution < -0.4 is 0 Å². The number of carbonyl (C=O) groups excluding carboxylic acids is 3. The van der Waals surface area contributed by atoms with Crippen molar-refractivity contribution in [3.05, 3.63) is 35.9 Å². The van der Waals surface area contributed by atoms with Crippen molar-refractivity contribution >= 4 is 27.9 Å². The second-order valence-corrected chi connectivity index (χ2v) is 7.34. The topological polar surface area (TPSA) is 118 Å². The summed E-state index contributed by atoms with van der Waals surface area (Å²) in [6, 6.07) is 9.88. The zero-order valence-corrected chi connectivity index (χ0v) is 14.3. The van der Waals surface area contributed by atoms with Crippen molar-refractivity contribution in [2.75, 3.05) is 0 Å². The predicted molar refractivity (Wildman–Crippen MR) is 86.5 cm³/mol. The van der Waals surface area contributed by atoms with E-state index >= 15 is 0 Å². The maximum absolute atomic E-state index is 11.7. The fourth-order valence-corrected chi connectivity index (χ4v) is 3.18. The number of aryl methyl sites for hydroxylation is 1. The number of hydroxylamine groups is 2. The van der Waals surface area contributed by atoms with Gasteiger partial charge in [-0.25, -0.2) is 4.79 Å². The van der Waals surface area contributed by atoms with Gasteiger partial charge in [0.25, 0.3) is 21.9 Å². The molecule has 25 heavy (non-hydrogen) atoms. The first-order valence-electron chi connectivity index (χ1n) is 7.87.